The third-order valence-electron chi connectivity index (χ3n) is 3.59. The molecule has 10 nitrogen and oxygen atoms in total. The predicted molar refractivity (Wildman–Crippen MR) is 104 cm³/mol. The van der Waals surface area contributed by atoms with E-state index in [4.69, 9.17) is 15.7 Å². The summed E-state index contributed by atoms with van der Waals surface area (Å²) in [5, 5.41) is 20.9. The van der Waals surface area contributed by atoms with Crippen molar-refractivity contribution in [2.45, 2.75) is 18.6 Å². The summed E-state index contributed by atoms with van der Waals surface area (Å²) in [6.07, 6.45) is 1.70. The van der Waals surface area contributed by atoms with Crippen molar-refractivity contribution in [3.05, 3.63) is 45.5 Å². The van der Waals surface area contributed by atoms with Crippen molar-refractivity contribution in [2.75, 3.05) is 30.0 Å². The Morgan fingerprint density at radius 2 is 2.21 bits per heavy atom. The van der Waals surface area contributed by atoms with Crippen molar-refractivity contribution in [3.63, 3.8) is 0 Å². The average molecular weight is 402 g/mol. The molecule has 0 amide bonds. The standard InChI is InChI=1S/C17H18N6O4S/c1-3-27-13(24)10-22(9-12-6-4-5-11(7-12)8-18)16-14(23(25)26)15(19)20-17(21-16)28-2/h4-7H,3,9-10H2,1-2H3,(H2,19,20,21). The maximum atomic E-state index is 12.1. The highest BCUT2D eigenvalue weighted by Gasteiger charge is 2.29. The quantitative estimate of drug-likeness (QED) is 0.229. The van der Waals surface area contributed by atoms with Gasteiger partial charge in [-0.3, -0.25) is 14.9 Å². The van der Waals surface area contributed by atoms with Crippen LogP contribution in [-0.4, -0.2) is 40.3 Å². The summed E-state index contributed by atoms with van der Waals surface area (Å²) in [5.74, 6) is -0.952. The summed E-state index contributed by atoms with van der Waals surface area (Å²) in [6.45, 7) is 1.63. The van der Waals surface area contributed by atoms with Crippen LogP contribution < -0.4 is 10.6 Å². The van der Waals surface area contributed by atoms with Crippen LogP contribution in [0.4, 0.5) is 17.3 Å². The molecule has 2 rings (SSSR count). The first-order valence-corrected chi connectivity index (χ1v) is 9.37. The van der Waals surface area contributed by atoms with Gasteiger partial charge in [0.25, 0.3) is 0 Å². The number of anilines is 2. The van der Waals surface area contributed by atoms with E-state index < -0.39 is 16.6 Å². The maximum absolute atomic E-state index is 12.1. The van der Waals surface area contributed by atoms with Gasteiger partial charge < -0.3 is 15.4 Å². The lowest BCUT2D eigenvalue weighted by Crippen LogP contribution is -2.32. The molecule has 2 aromatic rings. The van der Waals surface area contributed by atoms with Crippen molar-refractivity contribution in [2.24, 2.45) is 0 Å². The lowest BCUT2D eigenvalue weighted by molar-refractivity contribution is -0.383. The molecule has 0 bridgehead atoms. The number of nitriles is 1. The number of nitrogen functional groups attached to an aromatic ring is 1. The Morgan fingerprint density at radius 3 is 2.82 bits per heavy atom. The third-order valence-corrected chi connectivity index (χ3v) is 4.14. The van der Waals surface area contributed by atoms with Gasteiger partial charge in [-0.15, -0.1) is 0 Å². The van der Waals surface area contributed by atoms with Gasteiger partial charge in [0.15, 0.2) is 5.16 Å². The number of esters is 1. The normalized spacial score (nSPS) is 10.2. The molecule has 0 fully saturated rings. The minimum Gasteiger partial charge on any atom is -0.465 e. The number of nitro groups is 1. The van der Waals surface area contributed by atoms with E-state index in [1.54, 1.807) is 37.4 Å². The van der Waals surface area contributed by atoms with Crippen molar-refractivity contribution >= 4 is 35.1 Å². The lowest BCUT2D eigenvalue weighted by Gasteiger charge is -2.23. The van der Waals surface area contributed by atoms with Crippen LogP contribution >= 0.6 is 11.8 Å². The van der Waals surface area contributed by atoms with E-state index in [1.807, 2.05) is 6.07 Å². The molecule has 2 N–H and O–H groups in total. The van der Waals surface area contributed by atoms with Crippen LogP contribution in [0.25, 0.3) is 0 Å². The molecule has 0 saturated heterocycles. The smallest absolute Gasteiger partial charge is 0.353 e. The molecule has 1 heterocycles. The molecule has 0 radical (unpaired) electrons. The van der Waals surface area contributed by atoms with Crippen LogP contribution in [0.1, 0.15) is 18.1 Å². The van der Waals surface area contributed by atoms with E-state index in [9.17, 15) is 14.9 Å². The highest BCUT2D eigenvalue weighted by Crippen LogP contribution is 2.33. The summed E-state index contributed by atoms with van der Waals surface area (Å²) >= 11 is 1.17. The van der Waals surface area contributed by atoms with Crippen molar-refractivity contribution in [3.8, 4) is 6.07 Å². The number of nitrogens with two attached hydrogens (primary N) is 1. The first-order chi connectivity index (χ1) is 13.4. The molecule has 0 spiro atoms. The average Bonchev–Trinajstić information content (AvgIpc) is 2.66. The Bertz CT molecular complexity index is 930. The fourth-order valence-electron chi connectivity index (χ4n) is 2.45. The van der Waals surface area contributed by atoms with E-state index >= 15 is 0 Å². The highest BCUT2D eigenvalue weighted by atomic mass is 32.2. The number of benzene rings is 1. The van der Waals surface area contributed by atoms with E-state index in [-0.39, 0.29) is 36.5 Å². The molecule has 146 valence electrons. The fourth-order valence-corrected chi connectivity index (χ4v) is 2.82. The topological polar surface area (TPSA) is 148 Å². The van der Waals surface area contributed by atoms with Gasteiger partial charge in [-0.2, -0.15) is 15.2 Å². The largest absolute Gasteiger partial charge is 0.465 e. The van der Waals surface area contributed by atoms with Crippen molar-refractivity contribution in [1.82, 2.24) is 9.97 Å². The van der Waals surface area contributed by atoms with E-state index in [2.05, 4.69) is 9.97 Å². The van der Waals surface area contributed by atoms with Crippen LogP contribution in [-0.2, 0) is 16.1 Å². The van der Waals surface area contributed by atoms with Gasteiger partial charge in [-0.05, 0) is 30.9 Å². The Balaban J connectivity index is 2.54. The minimum absolute atomic E-state index is 0.0828. The van der Waals surface area contributed by atoms with Crippen LogP contribution in [0.15, 0.2) is 29.4 Å². The third kappa shape index (κ3) is 5.08. The Morgan fingerprint density at radius 1 is 1.46 bits per heavy atom. The Kier molecular flexibility index (Phi) is 7.11. The predicted octanol–water partition coefficient (Wildman–Crippen LogP) is 2.13. The first-order valence-electron chi connectivity index (χ1n) is 8.15. The van der Waals surface area contributed by atoms with E-state index in [0.717, 1.165) is 0 Å². The summed E-state index contributed by atoms with van der Waals surface area (Å²) in [5.41, 5.74) is 6.38. The molecule has 0 aliphatic heterocycles. The van der Waals surface area contributed by atoms with Crippen molar-refractivity contribution < 1.29 is 14.5 Å². The molecule has 11 heteroatoms. The summed E-state index contributed by atoms with van der Waals surface area (Å²) < 4.78 is 4.98. The molecule has 0 unspecified atom stereocenters. The fraction of sp³-hybridized carbons (Fsp3) is 0.294. The molecule has 0 saturated carbocycles. The van der Waals surface area contributed by atoms with Gasteiger partial charge in [-0.1, -0.05) is 23.9 Å². The second-order valence-electron chi connectivity index (χ2n) is 5.50. The molecule has 28 heavy (non-hydrogen) atoms. The van der Waals surface area contributed by atoms with Crippen LogP contribution in [0.3, 0.4) is 0 Å². The number of rotatable bonds is 8. The molecular weight excluding hydrogens is 384 g/mol. The van der Waals surface area contributed by atoms with Crippen LogP contribution in [0.2, 0.25) is 0 Å². The number of nitrogens with zero attached hydrogens (tertiary/aromatic N) is 5. The Labute approximate surface area is 165 Å². The molecule has 1 aromatic heterocycles. The number of ether oxygens (including phenoxy) is 1. The number of hydrogen-bond acceptors (Lipinski definition) is 10. The minimum atomic E-state index is -0.682. The van der Waals surface area contributed by atoms with Gasteiger partial charge in [0, 0.05) is 6.54 Å². The zero-order valence-corrected chi connectivity index (χ0v) is 16.1. The summed E-state index contributed by atoms with van der Waals surface area (Å²) in [6, 6.07) is 8.72. The second-order valence-corrected chi connectivity index (χ2v) is 6.27. The summed E-state index contributed by atoms with van der Waals surface area (Å²) in [7, 11) is 0. The van der Waals surface area contributed by atoms with Gasteiger partial charge in [0.05, 0.1) is 23.2 Å². The van der Waals surface area contributed by atoms with Gasteiger partial charge in [0.1, 0.15) is 6.54 Å². The zero-order valence-electron chi connectivity index (χ0n) is 15.3. The lowest BCUT2D eigenvalue weighted by atomic mass is 10.1. The number of hydrogen-bond donors (Lipinski definition) is 1. The molecule has 1 aromatic carbocycles. The van der Waals surface area contributed by atoms with Gasteiger partial charge in [-0.25, -0.2) is 0 Å². The molecule has 0 atom stereocenters. The first kappa shape index (κ1) is 20.9. The molecule has 0 aliphatic rings. The number of carbonyl (C=O) groups is 1. The zero-order chi connectivity index (χ0) is 20.7. The monoisotopic (exact) mass is 402 g/mol. The molecular formula is C17H18N6O4S. The highest BCUT2D eigenvalue weighted by molar-refractivity contribution is 7.98. The van der Waals surface area contributed by atoms with Gasteiger partial charge in [0.2, 0.25) is 11.6 Å². The number of aromatic nitrogens is 2. The van der Waals surface area contributed by atoms with E-state index in [1.165, 1.54) is 16.7 Å². The summed E-state index contributed by atoms with van der Waals surface area (Å²) in [4.78, 5) is 32.5. The maximum Gasteiger partial charge on any atom is 0.353 e. The van der Waals surface area contributed by atoms with Crippen molar-refractivity contribution in [1.29, 1.82) is 5.26 Å². The number of carbonyl (C=O) groups excluding carboxylic acids is 1. The van der Waals surface area contributed by atoms with Gasteiger partial charge >= 0.3 is 11.7 Å². The van der Waals surface area contributed by atoms with E-state index in [0.29, 0.717) is 11.1 Å². The van der Waals surface area contributed by atoms with Crippen LogP contribution in [0, 0.1) is 21.4 Å². The molecule has 0 aliphatic carbocycles. The second kappa shape index (κ2) is 9.52. The SMILES string of the molecule is CCOC(=O)CN(Cc1cccc(C#N)c1)c1nc(SC)nc(N)c1[N+](=O)[O-]. The number of thioether (sulfide) groups is 1. The van der Waals surface area contributed by atoms with Crippen LogP contribution in [0.5, 0.6) is 0 Å². The Hall–Kier alpha value is -3.39.